The van der Waals surface area contributed by atoms with Gasteiger partial charge >= 0.3 is 0 Å². The first-order chi connectivity index (χ1) is 25.3. The molecule has 0 N–H and O–H groups in total. The van der Waals surface area contributed by atoms with Crippen LogP contribution in [0.15, 0.2) is 185 Å². The van der Waals surface area contributed by atoms with Crippen LogP contribution in [0, 0.1) is 12.1 Å². The Morgan fingerprint density at radius 3 is 1.73 bits per heavy atom. The Hall–Kier alpha value is -7.02. The van der Waals surface area contributed by atoms with Gasteiger partial charge in [-0.3, -0.25) is 0 Å². The summed E-state index contributed by atoms with van der Waals surface area (Å²) in [5.41, 5.74) is 13.2. The van der Waals surface area contributed by atoms with Gasteiger partial charge in [-0.25, -0.2) is 0 Å². The number of anilines is 3. The molecule has 0 aliphatic rings. The summed E-state index contributed by atoms with van der Waals surface area (Å²) in [4.78, 5) is 2.30. The summed E-state index contributed by atoms with van der Waals surface area (Å²) in [5, 5.41) is 4.30. The van der Waals surface area contributed by atoms with Crippen molar-refractivity contribution in [2.45, 2.75) is 0 Å². The normalized spacial score (nSPS) is 11.4. The van der Waals surface area contributed by atoms with E-state index >= 15 is 0 Å². The molecule has 0 aliphatic heterocycles. The van der Waals surface area contributed by atoms with Crippen LogP contribution in [0.25, 0.3) is 77.3 Å². The van der Waals surface area contributed by atoms with Crippen molar-refractivity contribution in [2.24, 2.45) is 0 Å². The van der Waals surface area contributed by atoms with Gasteiger partial charge in [-0.05, 0) is 82.9 Å². The predicted molar refractivity (Wildman–Crippen MR) is 210 cm³/mol. The standard InChI is InChI=1S/C48H29NO2/c1-3-11-32(12-4-1)33-19-21-34(22-20-33)35-23-25-37(26-24-35)49(42-17-9-7-15-39(42)36-13-5-2-6-14-36)38-27-28-41-46(31-38)51-45-30-29-44-47(48(41)45)40-16-8-10-18-43(40)50-44/h1-5,7-13,15-31H. The van der Waals surface area contributed by atoms with Crippen LogP contribution >= 0.6 is 0 Å². The Morgan fingerprint density at radius 2 is 1.00 bits per heavy atom. The third-order valence-electron chi connectivity index (χ3n) is 9.75. The molecule has 238 valence electrons. The topological polar surface area (TPSA) is 29.5 Å². The molecular weight excluding hydrogens is 623 g/mol. The van der Waals surface area contributed by atoms with E-state index < -0.39 is 0 Å². The third kappa shape index (κ3) is 4.93. The number of fused-ring (bicyclic) bond motifs is 7. The van der Waals surface area contributed by atoms with Crippen LogP contribution in [0.4, 0.5) is 17.1 Å². The summed E-state index contributed by atoms with van der Waals surface area (Å²) in [6.45, 7) is 0. The van der Waals surface area contributed by atoms with Gasteiger partial charge in [0.05, 0.1) is 5.69 Å². The third-order valence-corrected chi connectivity index (χ3v) is 9.75. The van der Waals surface area contributed by atoms with Gasteiger partial charge in [0.1, 0.15) is 22.3 Å². The number of hydrogen-bond acceptors (Lipinski definition) is 3. The summed E-state index contributed by atoms with van der Waals surface area (Å²) >= 11 is 0. The molecule has 0 amide bonds. The Morgan fingerprint density at radius 1 is 0.412 bits per heavy atom. The van der Waals surface area contributed by atoms with E-state index in [2.05, 4.69) is 150 Å². The number of benzene rings is 7. The van der Waals surface area contributed by atoms with Gasteiger partial charge in [-0.15, -0.1) is 0 Å². The molecule has 0 saturated heterocycles. The average molecular weight is 652 g/mol. The molecule has 3 heteroatoms. The molecule has 0 saturated carbocycles. The van der Waals surface area contributed by atoms with Gasteiger partial charge < -0.3 is 13.7 Å². The molecular formula is C48H29NO2. The maximum Gasteiger partial charge on any atom is 0.137 e. The van der Waals surface area contributed by atoms with Gasteiger partial charge in [0.2, 0.25) is 0 Å². The zero-order valence-electron chi connectivity index (χ0n) is 27.5. The van der Waals surface area contributed by atoms with E-state index in [-0.39, 0.29) is 0 Å². The molecule has 2 aromatic heterocycles. The minimum absolute atomic E-state index is 0.817. The van der Waals surface area contributed by atoms with Crippen molar-refractivity contribution in [1.29, 1.82) is 0 Å². The number of rotatable bonds is 6. The van der Waals surface area contributed by atoms with Crippen molar-refractivity contribution in [1.82, 2.24) is 0 Å². The molecule has 0 spiro atoms. The van der Waals surface area contributed by atoms with Gasteiger partial charge in [-0.1, -0.05) is 121 Å². The van der Waals surface area contributed by atoms with E-state index in [0.717, 1.165) is 77.6 Å². The lowest BCUT2D eigenvalue weighted by Gasteiger charge is -2.27. The lowest BCUT2D eigenvalue weighted by Crippen LogP contribution is -2.11. The Kier molecular flexibility index (Phi) is 6.72. The van der Waals surface area contributed by atoms with E-state index in [9.17, 15) is 0 Å². The largest absolute Gasteiger partial charge is 0.456 e. The maximum atomic E-state index is 6.60. The predicted octanol–water partition coefficient (Wildman–Crippen LogP) is 13.6. The van der Waals surface area contributed by atoms with Crippen LogP contribution in [0.5, 0.6) is 0 Å². The van der Waals surface area contributed by atoms with Gasteiger partial charge in [0, 0.05) is 50.1 Å². The van der Waals surface area contributed by atoms with Crippen molar-refractivity contribution in [2.75, 3.05) is 4.90 Å². The second kappa shape index (κ2) is 11.8. The second-order valence-electron chi connectivity index (χ2n) is 12.7. The van der Waals surface area contributed by atoms with E-state index in [1.54, 1.807) is 0 Å². The summed E-state index contributed by atoms with van der Waals surface area (Å²) in [6.07, 6.45) is 0. The molecule has 10 aromatic rings. The number of para-hydroxylation sites is 2. The van der Waals surface area contributed by atoms with Gasteiger partial charge in [0.25, 0.3) is 0 Å². The number of furan rings is 2. The first-order valence-electron chi connectivity index (χ1n) is 17.1. The van der Waals surface area contributed by atoms with Crippen LogP contribution in [0.3, 0.4) is 0 Å². The molecule has 0 fully saturated rings. The highest BCUT2D eigenvalue weighted by Gasteiger charge is 2.21. The van der Waals surface area contributed by atoms with Crippen molar-refractivity contribution in [3.63, 3.8) is 0 Å². The van der Waals surface area contributed by atoms with E-state index in [4.69, 9.17) is 8.83 Å². The second-order valence-corrected chi connectivity index (χ2v) is 12.7. The maximum absolute atomic E-state index is 6.60. The monoisotopic (exact) mass is 651 g/mol. The highest BCUT2D eigenvalue weighted by atomic mass is 16.3. The van der Waals surface area contributed by atoms with E-state index in [1.165, 1.54) is 16.7 Å². The molecule has 0 radical (unpaired) electrons. The smallest absolute Gasteiger partial charge is 0.137 e. The molecule has 0 aliphatic carbocycles. The Bertz CT molecular complexity index is 2830. The molecule has 3 nitrogen and oxygen atoms in total. The molecule has 0 bridgehead atoms. The van der Waals surface area contributed by atoms with Gasteiger partial charge in [0.15, 0.2) is 0 Å². The molecule has 8 aromatic carbocycles. The van der Waals surface area contributed by atoms with Crippen LogP contribution < -0.4 is 4.90 Å². The molecule has 51 heavy (non-hydrogen) atoms. The lowest BCUT2D eigenvalue weighted by atomic mass is 9.99. The Labute approximate surface area is 295 Å². The molecule has 0 unspecified atom stereocenters. The molecule has 2 heterocycles. The fourth-order valence-corrected chi connectivity index (χ4v) is 7.33. The SMILES string of the molecule is c1cccc(-c2ccccc2N(c2ccc(-c3ccc(-c4ccccc4)cc3)cc2)c2ccc3c(c2)oc2ccc4oc5ccccc5c4c23)c#1. The zero-order valence-corrected chi connectivity index (χ0v) is 27.5. The number of nitrogens with zero attached hydrogens (tertiary/aromatic N) is 1. The summed E-state index contributed by atoms with van der Waals surface area (Å²) in [5.74, 6) is 0. The zero-order chi connectivity index (χ0) is 33.7. The molecule has 0 atom stereocenters. The van der Waals surface area contributed by atoms with Crippen molar-refractivity contribution < 1.29 is 8.83 Å². The van der Waals surface area contributed by atoms with Crippen molar-refractivity contribution >= 4 is 60.9 Å². The van der Waals surface area contributed by atoms with E-state index in [1.807, 2.05) is 42.5 Å². The van der Waals surface area contributed by atoms with Crippen LogP contribution in [-0.4, -0.2) is 0 Å². The van der Waals surface area contributed by atoms with E-state index in [0.29, 0.717) is 0 Å². The molecule has 10 rings (SSSR count). The minimum Gasteiger partial charge on any atom is -0.456 e. The first kappa shape index (κ1) is 28.9. The highest BCUT2D eigenvalue weighted by molar-refractivity contribution is 6.25. The summed E-state index contributed by atoms with van der Waals surface area (Å²) in [7, 11) is 0. The summed E-state index contributed by atoms with van der Waals surface area (Å²) in [6, 6.07) is 67.7. The highest BCUT2D eigenvalue weighted by Crippen LogP contribution is 2.45. The first-order valence-corrected chi connectivity index (χ1v) is 17.1. The van der Waals surface area contributed by atoms with Crippen molar-refractivity contribution in [3.05, 3.63) is 188 Å². The number of hydrogen-bond donors (Lipinski definition) is 0. The van der Waals surface area contributed by atoms with Gasteiger partial charge in [-0.2, -0.15) is 0 Å². The Balaban J connectivity index is 1.11. The van der Waals surface area contributed by atoms with Crippen LogP contribution in [0.2, 0.25) is 0 Å². The lowest BCUT2D eigenvalue weighted by molar-refractivity contribution is 0.663. The fourth-order valence-electron chi connectivity index (χ4n) is 7.33. The van der Waals surface area contributed by atoms with Crippen LogP contribution in [-0.2, 0) is 0 Å². The summed E-state index contributed by atoms with van der Waals surface area (Å²) < 4.78 is 12.8. The van der Waals surface area contributed by atoms with Crippen LogP contribution in [0.1, 0.15) is 0 Å². The minimum atomic E-state index is 0.817. The fraction of sp³-hybridized carbons (Fsp3) is 0. The van der Waals surface area contributed by atoms with Crippen molar-refractivity contribution in [3.8, 4) is 33.4 Å². The average Bonchev–Trinajstić information content (AvgIpc) is 3.77. The quantitative estimate of drug-likeness (QED) is 0.179.